The molecule has 1 N–H and O–H groups in total. The lowest BCUT2D eigenvalue weighted by molar-refractivity contribution is -0.125. The topological polar surface area (TPSA) is 46.2 Å². The molecule has 0 aromatic heterocycles. The van der Waals surface area contributed by atoms with Crippen molar-refractivity contribution < 1.29 is 9.59 Å². The molecule has 1 unspecified atom stereocenters. The van der Waals surface area contributed by atoms with E-state index in [1.165, 1.54) is 11.1 Å². The van der Waals surface area contributed by atoms with Crippen molar-refractivity contribution in [2.45, 2.75) is 39.0 Å². The van der Waals surface area contributed by atoms with Crippen LogP contribution in [0.5, 0.6) is 0 Å². The number of aryl methyl sites for hydroxylation is 1. The fourth-order valence-electron chi connectivity index (χ4n) is 1.77. The first-order valence-electron chi connectivity index (χ1n) is 5.99. The molecule has 1 aromatic rings. The van der Waals surface area contributed by atoms with Crippen molar-refractivity contribution in [2.24, 2.45) is 0 Å². The quantitative estimate of drug-likeness (QED) is 0.767. The molecule has 0 aliphatic carbocycles. The van der Waals surface area contributed by atoms with Crippen molar-refractivity contribution in [3.63, 3.8) is 0 Å². The summed E-state index contributed by atoms with van der Waals surface area (Å²) in [5.41, 5.74) is 2.56. The van der Waals surface area contributed by atoms with Crippen molar-refractivity contribution in [2.75, 3.05) is 0 Å². The zero-order valence-electron chi connectivity index (χ0n) is 10.4. The van der Waals surface area contributed by atoms with E-state index < -0.39 is 0 Å². The van der Waals surface area contributed by atoms with Crippen LogP contribution in [-0.4, -0.2) is 12.3 Å². The van der Waals surface area contributed by atoms with Crippen LogP contribution in [0.15, 0.2) is 24.3 Å². The third-order valence-corrected chi connectivity index (χ3v) is 2.95. The van der Waals surface area contributed by atoms with Gasteiger partial charge >= 0.3 is 0 Å². The van der Waals surface area contributed by atoms with Gasteiger partial charge in [0.2, 0.25) is 12.3 Å². The molecular weight excluding hydrogens is 214 g/mol. The van der Waals surface area contributed by atoms with E-state index >= 15 is 0 Å². The second-order valence-corrected chi connectivity index (χ2v) is 4.22. The highest BCUT2D eigenvalue weighted by Gasteiger charge is 2.08. The molecule has 3 nitrogen and oxygen atoms in total. The Labute approximate surface area is 102 Å². The number of carbonyl (C=O) groups is 2. The standard InChI is InChI=1S/C14H19NO2/c1-3-12-5-4-6-13(9-12)11(2)7-8-14(17)15-10-16/h4-6,9-11H,3,7-8H2,1-2H3,(H,15,16,17). The van der Waals surface area contributed by atoms with E-state index in [0.717, 1.165) is 12.8 Å². The summed E-state index contributed by atoms with van der Waals surface area (Å²) in [6.07, 6.45) is 2.60. The molecule has 0 aliphatic rings. The van der Waals surface area contributed by atoms with Gasteiger partial charge in [-0.2, -0.15) is 0 Å². The van der Waals surface area contributed by atoms with Gasteiger partial charge in [0.15, 0.2) is 0 Å². The van der Waals surface area contributed by atoms with Gasteiger partial charge in [-0.25, -0.2) is 0 Å². The Morgan fingerprint density at radius 1 is 1.47 bits per heavy atom. The minimum atomic E-state index is -0.210. The molecule has 0 radical (unpaired) electrons. The van der Waals surface area contributed by atoms with Crippen LogP contribution >= 0.6 is 0 Å². The smallest absolute Gasteiger partial charge is 0.226 e. The molecule has 0 aliphatic heterocycles. The number of nitrogens with one attached hydrogen (secondary N) is 1. The zero-order valence-corrected chi connectivity index (χ0v) is 10.4. The van der Waals surface area contributed by atoms with Gasteiger partial charge in [0.1, 0.15) is 0 Å². The molecule has 0 saturated carbocycles. The fourth-order valence-corrected chi connectivity index (χ4v) is 1.77. The molecule has 92 valence electrons. The van der Waals surface area contributed by atoms with Crippen LogP contribution in [0.3, 0.4) is 0 Å². The Kier molecular flexibility index (Phi) is 5.40. The number of carbonyl (C=O) groups excluding carboxylic acids is 2. The highest BCUT2D eigenvalue weighted by atomic mass is 16.2. The minimum absolute atomic E-state index is 0.210. The molecule has 0 fully saturated rings. The van der Waals surface area contributed by atoms with Crippen LogP contribution in [0.4, 0.5) is 0 Å². The number of rotatable bonds is 6. The van der Waals surface area contributed by atoms with Crippen molar-refractivity contribution in [1.29, 1.82) is 0 Å². The van der Waals surface area contributed by atoms with Crippen LogP contribution in [-0.2, 0) is 16.0 Å². The number of imide groups is 1. The number of benzene rings is 1. The third kappa shape index (κ3) is 4.39. The molecule has 1 atom stereocenters. The summed E-state index contributed by atoms with van der Waals surface area (Å²) in [4.78, 5) is 21.2. The Morgan fingerprint density at radius 2 is 2.24 bits per heavy atom. The Bertz CT molecular complexity index is 388. The van der Waals surface area contributed by atoms with Gasteiger partial charge in [0.25, 0.3) is 0 Å². The van der Waals surface area contributed by atoms with Crippen molar-refractivity contribution in [1.82, 2.24) is 5.32 Å². The molecule has 3 heteroatoms. The van der Waals surface area contributed by atoms with E-state index in [1.807, 2.05) is 0 Å². The molecule has 0 heterocycles. The Hall–Kier alpha value is -1.64. The van der Waals surface area contributed by atoms with Gasteiger partial charge in [-0.1, -0.05) is 38.1 Å². The molecule has 0 saturated heterocycles. The Balaban J connectivity index is 2.54. The summed E-state index contributed by atoms with van der Waals surface area (Å²) >= 11 is 0. The largest absolute Gasteiger partial charge is 0.299 e. The minimum Gasteiger partial charge on any atom is -0.299 e. The summed E-state index contributed by atoms with van der Waals surface area (Å²) in [6.45, 7) is 4.23. The molecule has 2 amide bonds. The predicted octanol–water partition coefficient (Wildman–Crippen LogP) is 2.41. The van der Waals surface area contributed by atoms with E-state index in [4.69, 9.17) is 0 Å². The SMILES string of the molecule is CCc1cccc(C(C)CCC(=O)NC=O)c1. The molecule has 1 rings (SSSR count). The molecule has 17 heavy (non-hydrogen) atoms. The summed E-state index contributed by atoms with van der Waals surface area (Å²) in [5, 5.41) is 2.16. The summed E-state index contributed by atoms with van der Waals surface area (Å²) in [5.74, 6) is 0.123. The Morgan fingerprint density at radius 3 is 2.88 bits per heavy atom. The average Bonchev–Trinajstić information content (AvgIpc) is 2.36. The second-order valence-electron chi connectivity index (χ2n) is 4.22. The van der Waals surface area contributed by atoms with Gasteiger partial charge in [-0.15, -0.1) is 0 Å². The van der Waals surface area contributed by atoms with Crippen molar-refractivity contribution in [3.8, 4) is 0 Å². The van der Waals surface area contributed by atoms with E-state index in [1.54, 1.807) is 0 Å². The monoisotopic (exact) mass is 233 g/mol. The lowest BCUT2D eigenvalue weighted by Gasteiger charge is -2.12. The normalized spacial score (nSPS) is 11.9. The van der Waals surface area contributed by atoms with Gasteiger partial charge in [-0.05, 0) is 29.9 Å². The van der Waals surface area contributed by atoms with Crippen LogP contribution in [0.1, 0.15) is 43.7 Å². The zero-order chi connectivity index (χ0) is 12.7. The first-order valence-corrected chi connectivity index (χ1v) is 5.99. The maximum Gasteiger partial charge on any atom is 0.226 e. The summed E-state index contributed by atoms with van der Waals surface area (Å²) in [6, 6.07) is 8.43. The van der Waals surface area contributed by atoms with Gasteiger partial charge in [0.05, 0.1) is 0 Å². The van der Waals surface area contributed by atoms with E-state index in [2.05, 4.69) is 43.4 Å². The molecular formula is C14H19NO2. The maximum atomic E-state index is 11.2. The third-order valence-electron chi connectivity index (χ3n) is 2.95. The molecule has 0 bridgehead atoms. The summed E-state index contributed by atoms with van der Waals surface area (Å²) < 4.78 is 0. The number of hydrogen-bond acceptors (Lipinski definition) is 2. The van der Waals surface area contributed by atoms with Crippen LogP contribution in [0.2, 0.25) is 0 Å². The molecule has 1 aromatic carbocycles. The van der Waals surface area contributed by atoms with Crippen molar-refractivity contribution in [3.05, 3.63) is 35.4 Å². The highest BCUT2D eigenvalue weighted by molar-refractivity contribution is 5.85. The lowest BCUT2D eigenvalue weighted by atomic mass is 9.94. The van der Waals surface area contributed by atoms with E-state index in [9.17, 15) is 9.59 Å². The molecule has 0 spiro atoms. The fraction of sp³-hybridized carbons (Fsp3) is 0.429. The number of amides is 2. The average molecular weight is 233 g/mol. The van der Waals surface area contributed by atoms with Gasteiger partial charge in [0, 0.05) is 6.42 Å². The van der Waals surface area contributed by atoms with E-state index in [-0.39, 0.29) is 5.91 Å². The summed E-state index contributed by atoms with van der Waals surface area (Å²) in [7, 11) is 0. The lowest BCUT2D eigenvalue weighted by Crippen LogP contribution is -2.21. The highest BCUT2D eigenvalue weighted by Crippen LogP contribution is 2.21. The van der Waals surface area contributed by atoms with Crippen LogP contribution in [0.25, 0.3) is 0 Å². The number of hydrogen-bond donors (Lipinski definition) is 1. The maximum absolute atomic E-state index is 11.2. The van der Waals surface area contributed by atoms with Crippen molar-refractivity contribution >= 4 is 12.3 Å². The van der Waals surface area contributed by atoms with Crippen LogP contribution < -0.4 is 5.32 Å². The van der Waals surface area contributed by atoms with Gasteiger partial charge < -0.3 is 0 Å². The van der Waals surface area contributed by atoms with E-state index in [0.29, 0.717) is 18.7 Å². The van der Waals surface area contributed by atoms with Gasteiger partial charge in [-0.3, -0.25) is 14.9 Å². The predicted molar refractivity (Wildman–Crippen MR) is 67.7 cm³/mol. The first-order chi connectivity index (χ1) is 8.17. The first kappa shape index (κ1) is 13.4. The van der Waals surface area contributed by atoms with Crippen LogP contribution in [0, 0.1) is 0 Å². The second kappa shape index (κ2) is 6.84.